The summed E-state index contributed by atoms with van der Waals surface area (Å²) < 4.78 is 49.8. The van der Waals surface area contributed by atoms with E-state index in [1.165, 1.54) is 17.7 Å². The van der Waals surface area contributed by atoms with Crippen molar-refractivity contribution in [3.63, 3.8) is 0 Å². The fraction of sp³-hybridized carbons (Fsp3) is 0.182. The lowest BCUT2D eigenvalue weighted by Crippen LogP contribution is -2.23. The molecule has 0 bridgehead atoms. The first-order valence-electron chi connectivity index (χ1n) is 13.0. The highest BCUT2D eigenvalue weighted by Gasteiger charge is 2.33. The molecule has 5 aromatic rings. The van der Waals surface area contributed by atoms with Crippen LogP contribution in [0.2, 0.25) is 0 Å². The summed E-state index contributed by atoms with van der Waals surface area (Å²) in [5.74, 6) is 0.305. The van der Waals surface area contributed by atoms with E-state index < -0.39 is 17.4 Å². The van der Waals surface area contributed by atoms with Gasteiger partial charge in [0.1, 0.15) is 23.7 Å². The molecule has 6 rings (SSSR count). The maximum absolute atomic E-state index is 13.0. The second-order valence-corrected chi connectivity index (χ2v) is 10.1. The van der Waals surface area contributed by atoms with Crippen molar-refractivity contribution < 1.29 is 27.4 Å². The van der Waals surface area contributed by atoms with Crippen LogP contribution in [0.5, 0.6) is 11.5 Å². The monoisotopic (exact) mass is 542 g/mol. The lowest BCUT2D eigenvalue weighted by molar-refractivity contribution is -0.137. The zero-order chi connectivity index (χ0) is 27.9. The smallest absolute Gasteiger partial charge is 0.416 e. The zero-order valence-electron chi connectivity index (χ0n) is 21.3. The average Bonchev–Trinajstić information content (AvgIpc) is 2.96. The third-order valence-electron chi connectivity index (χ3n) is 7.61. The Bertz CT molecular complexity index is 1720. The van der Waals surface area contributed by atoms with Gasteiger partial charge < -0.3 is 14.3 Å². The Balaban J connectivity index is 1.25. The first-order valence-corrected chi connectivity index (χ1v) is 13.0. The van der Waals surface area contributed by atoms with Crippen molar-refractivity contribution in [2.75, 3.05) is 0 Å². The van der Waals surface area contributed by atoms with Crippen molar-refractivity contribution in [1.82, 2.24) is 0 Å². The fourth-order valence-corrected chi connectivity index (χ4v) is 5.62. The predicted octanol–water partition coefficient (Wildman–Crippen LogP) is 7.96. The van der Waals surface area contributed by atoms with E-state index in [4.69, 9.17) is 9.15 Å². The van der Waals surface area contributed by atoms with Crippen molar-refractivity contribution in [3.05, 3.63) is 141 Å². The maximum Gasteiger partial charge on any atom is 0.416 e. The number of para-hydroxylation sites is 1. The lowest BCUT2D eigenvalue weighted by Gasteiger charge is -2.32. The van der Waals surface area contributed by atoms with Gasteiger partial charge in [-0.15, -0.1) is 0 Å². The van der Waals surface area contributed by atoms with Crippen molar-refractivity contribution in [1.29, 1.82) is 0 Å². The minimum Gasteiger partial charge on any atom is -0.507 e. The third kappa shape index (κ3) is 4.95. The van der Waals surface area contributed by atoms with Crippen LogP contribution in [0.3, 0.4) is 0 Å². The molecule has 1 aliphatic carbocycles. The van der Waals surface area contributed by atoms with Gasteiger partial charge in [0.25, 0.3) is 0 Å². The highest BCUT2D eigenvalue weighted by molar-refractivity contribution is 5.84. The normalized spacial score (nSPS) is 17.0. The van der Waals surface area contributed by atoms with E-state index in [0.717, 1.165) is 23.3 Å². The van der Waals surface area contributed by atoms with Crippen LogP contribution in [0.4, 0.5) is 13.2 Å². The second-order valence-electron chi connectivity index (χ2n) is 10.1. The van der Waals surface area contributed by atoms with Crippen molar-refractivity contribution in [3.8, 4) is 11.5 Å². The predicted molar refractivity (Wildman–Crippen MR) is 146 cm³/mol. The minimum atomic E-state index is -4.37. The van der Waals surface area contributed by atoms with Gasteiger partial charge in [0.2, 0.25) is 0 Å². The number of aromatic hydroxyl groups is 1. The van der Waals surface area contributed by atoms with Crippen LogP contribution in [0.15, 0.2) is 106 Å². The summed E-state index contributed by atoms with van der Waals surface area (Å²) in [5.41, 5.74) is 3.38. The van der Waals surface area contributed by atoms with Crippen LogP contribution in [0, 0.1) is 0 Å². The molecule has 40 heavy (non-hydrogen) atoms. The summed E-state index contributed by atoms with van der Waals surface area (Å²) in [4.78, 5) is 13.0. The molecule has 4 nitrogen and oxygen atoms in total. The summed E-state index contributed by atoms with van der Waals surface area (Å²) in [6.45, 7) is 0.142. The van der Waals surface area contributed by atoms with E-state index in [-0.39, 0.29) is 24.2 Å². The van der Waals surface area contributed by atoms with E-state index in [2.05, 4.69) is 12.1 Å². The van der Waals surface area contributed by atoms with Crippen LogP contribution in [0.1, 0.15) is 51.6 Å². The lowest BCUT2D eigenvalue weighted by atomic mass is 9.72. The summed E-state index contributed by atoms with van der Waals surface area (Å²) in [5, 5.41) is 11.6. The Hall–Kier alpha value is -4.52. The van der Waals surface area contributed by atoms with Gasteiger partial charge in [-0.25, -0.2) is 4.79 Å². The Kier molecular flexibility index (Phi) is 6.58. The molecule has 1 N–H and O–H groups in total. The Labute approximate surface area is 228 Å². The first kappa shape index (κ1) is 25.7. The SMILES string of the molecule is O=c1oc2ccccc2c(O)c1[C@H]1Cc2ccccc2[C@@H](c2ccc(OCc3ccc(C(F)(F)F)cc3)cc2)C1. The molecule has 202 valence electrons. The van der Waals surface area contributed by atoms with Gasteiger partial charge >= 0.3 is 11.8 Å². The number of benzene rings is 4. The number of ether oxygens (including phenoxy) is 1. The molecular weight excluding hydrogens is 517 g/mol. The molecule has 0 spiro atoms. The van der Waals surface area contributed by atoms with E-state index in [0.29, 0.717) is 40.7 Å². The molecule has 0 saturated heterocycles. The molecule has 7 heteroatoms. The quantitative estimate of drug-likeness (QED) is 0.229. The Morgan fingerprint density at radius 1 is 0.875 bits per heavy atom. The largest absolute Gasteiger partial charge is 0.507 e. The highest BCUT2D eigenvalue weighted by atomic mass is 19.4. The standard InChI is InChI=1S/C33H25F3O4/c34-33(35,36)24-13-9-20(10-14-24)19-39-25-15-11-21(12-16-25)28-18-23(17-22-5-1-2-6-26(22)28)30-31(37)27-7-3-4-8-29(27)40-32(30)38/h1-16,23,28,37H,17-19H2/t23-,28+/m0/s1. The van der Waals surface area contributed by atoms with Crippen LogP contribution < -0.4 is 10.4 Å². The number of rotatable bonds is 5. The summed E-state index contributed by atoms with van der Waals surface area (Å²) >= 11 is 0. The van der Waals surface area contributed by atoms with E-state index >= 15 is 0 Å². The minimum absolute atomic E-state index is 0.0239. The van der Waals surface area contributed by atoms with Gasteiger partial charge in [0, 0.05) is 5.92 Å². The summed E-state index contributed by atoms with van der Waals surface area (Å²) in [6, 6.07) is 27.6. The Morgan fingerprint density at radius 3 is 2.33 bits per heavy atom. The van der Waals surface area contributed by atoms with Gasteiger partial charge in [-0.2, -0.15) is 13.2 Å². The van der Waals surface area contributed by atoms with Gasteiger partial charge in [0.05, 0.1) is 16.5 Å². The van der Waals surface area contributed by atoms with Crippen molar-refractivity contribution in [2.45, 2.75) is 37.5 Å². The van der Waals surface area contributed by atoms with Gasteiger partial charge in [-0.3, -0.25) is 0 Å². The fourth-order valence-electron chi connectivity index (χ4n) is 5.62. The van der Waals surface area contributed by atoms with Crippen molar-refractivity contribution >= 4 is 11.0 Å². The molecule has 0 unspecified atom stereocenters. The van der Waals surface area contributed by atoms with Crippen LogP contribution in [-0.2, 0) is 19.2 Å². The van der Waals surface area contributed by atoms with Gasteiger partial charge in [-0.1, -0.05) is 60.7 Å². The summed E-state index contributed by atoms with van der Waals surface area (Å²) in [7, 11) is 0. The molecule has 0 fully saturated rings. The number of halogens is 3. The van der Waals surface area contributed by atoms with Crippen LogP contribution in [-0.4, -0.2) is 5.11 Å². The molecule has 0 aliphatic heterocycles. The number of hydrogen-bond acceptors (Lipinski definition) is 4. The van der Waals surface area contributed by atoms with E-state index in [9.17, 15) is 23.1 Å². The number of hydrogen-bond donors (Lipinski definition) is 1. The molecule has 4 aromatic carbocycles. The molecule has 0 amide bonds. The van der Waals surface area contributed by atoms with Crippen LogP contribution >= 0.6 is 0 Å². The number of fused-ring (bicyclic) bond motifs is 2. The first-order chi connectivity index (χ1) is 19.3. The second kappa shape index (κ2) is 10.2. The summed E-state index contributed by atoms with van der Waals surface area (Å²) in [6.07, 6.45) is -3.15. The van der Waals surface area contributed by atoms with Gasteiger partial charge in [0.15, 0.2) is 0 Å². The third-order valence-corrected chi connectivity index (χ3v) is 7.61. The highest BCUT2D eigenvalue weighted by Crippen LogP contribution is 2.45. The van der Waals surface area contributed by atoms with Gasteiger partial charge in [-0.05, 0) is 77.4 Å². The van der Waals surface area contributed by atoms with Crippen LogP contribution in [0.25, 0.3) is 11.0 Å². The zero-order valence-corrected chi connectivity index (χ0v) is 21.3. The molecule has 1 aliphatic rings. The molecule has 0 saturated carbocycles. The average molecular weight is 543 g/mol. The van der Waals surface area contributed by atoms with E-state index in [1.54, 1.807) is 24.3 Å². The Morgan fingerprint density at radius 2 is 1.57 bits per heavy atom. The molecular formula is C33H25F3O4. The number of alkyl halides is 3. The molecule has 2 atom stereocenters. The van der Waals surface area contributed by atoms with Crippen molar-refractivity contribution in [2.24, 2.45) is 0 Å². The maximum atomic E-state index is 13.0. The van der Waals surface area contributed by atoms with E-state index in [1.807, 2.05) is 36.4 Å². The topological polar surface area (TPSA) is 59.7 Å². The molecule has 0 radical (unpaired) electrons. The molecule has 1 heterocycles. The molecule has 1 aromatic heterocycles.